The Labute approximate surface area is 88.1 Å². The van der Waals surface area contributed by atoms with Crippen molar-refractivity contribution in [3.05, 3.63) is 18.1 Å². The number of methoxy groups -OCH3 is 1. The van der Waals surface area contributed by atoms with Crippen LogP contribution in [-0.2, 0) is 9.53 Å². The third-order valence-corrected chi connectivity index (χ3v) is 2.58. The molecule has 5 nitrogen and oxygen atoms in total. The van der Waals surface area contributed by atoms with Crippen LogP contribution in [0.25, 0.3) is 0 Å². The lowest BCUT2D eigenvalue weighted by atomic mass is 10.0. The summed E-state index contributed by atoms with van der Waals surface area (Å²) in [5, 5.41) is 0. The van der Waals surface area contributed by atoms with Crippen molar-refractivity contribution in [2.24, 2.45) is 0 Å². The van der Waals surface area contributed by atoms with Gasteiger partial charge in [0, 0.05) is 18.3 Å². The van der Waals surface area contributed by atoms with Gasteiger partial charge in [-0.25, -0.2) is 14.8 Å². The van der Waals surface area contributed by atoms with Crippen LogP contribution in [0.5, 0.6) is 0 Å². The van der Waals surface area contributed by atoms with E-state index < -0.39 is 0 Å². The maximum absolute atomic E-state index is 11.4. The van der Waals surface area contributed by atoms with Crippen molar-refractivity contribution < 1.29 is 9.53 Å². The van der Waals surface area contributed by atoms with Gasteiger partial charge in [0.1, 0.15) is 18.2 Å². The van der Waals surface area contributed by atoms with Crippen LogP contribution in [0.3, 0.4) is 0 Å². The number of aryl methyl sites for hydroxylation is 1. The Kier molecular flexibility index (Phi) is 2.53. The molecule has 0 amide bonds. The van der Waals surface area contributed by atoms with E-state index in [9.17, 15) is 4.79 Å². The van der Waals surface area contributed by atoms with E-state index in [4.69, 9.17) is 4.74 Å². The number of esters is 1. The number of ether oxygens (including phenoxy) is 1. The molecule has 0 bridgehead atoms. The number of rotatable bonds is 2. The average molecular weight is 207 g/mol. The Morgan fingerprint density at radius 3 is 2.93 bits per heavy atom. The quantitative estimate of drug-likeness (QED) is 0.662. The highest BCUT2D eigenvalue weighted by Gasteiger charge is 2.35. The lowest BCUT2D eigenvalue weighted by Gasteiger charge is -2.39. The molecule has 1 aromatic rings. The molecule has 80 valence electrons. The maximum atomic E-state index is 11.4. The Morgan fingerprint density at radius 2 is 2.40 bits per heavy atom. The van der Waals surface area contributed by atoms with Gasteiger partial charge in [0.2, 0.25) is 0 Å². The zero-order valence-electron chi connectivity index (χ0n) is 8.80. The number of nitrogens with zero attached hydrogens (tertiary/aromatic N) is 3. The van der Waals surface area contributed by atoms with E-state index in [1.54, 1.807) is 0 Å². The lowest BCUT2D eigenvalue weighted by molar-refractivity contribution is -0.143. The minimum Gasteiger partial charge on any atom is -0.467 e. The molecule has 1 saturated heterocycles. The van der Waals surface area contributed by atoms with Crippen LogP contribution in [0, 0.1) is 6.92 Å². The van der Waals surface area contributed by atoms with Crippen molar-refractivity contribution in [2.45, 2.75) is 19.4 Å². The number of hydrogen-bond acceptors (Lipinski definition) is 5. The van der Waals surface area contributed by atoms with Crippen LogP contribution in [-0.4, -0.2) is 35.6 Å². The molecule has 1 aromatic heterocycles. The molecule has 1 aliphatic heterocycles. The van der Waals surface area contributed by atoms with Crippen molar-refractivity contribution in [2.75, 3.05) is 18.6 Å². The molecular weight excluding hydrogens is 194 g/mol. The van der Waals surface area contributed by atoms with Gasteiger partial charge < -0.3 is 9.64 Å². The Hall–Kier alpha value is -1.65. The highest BCUT2D eigenvalue weighted by molar-refractivity contribution is 5.81. The van der Waals surface area contributed by atoms with Gasteiger partial charge in [-0.1, -0.05) is 0 Å². The van der Waals surface area contributed by atoms with E-state index in [1.165, 1.54) is 13.4 Å². The summed E-state index contributed by atoms with van der Waals surface area (Å²) in [6.07, 6.45) is 2.34. The van der Waals surface area contributed by atoms with Crippen LogP contribution in [0.4, 0.5) is 5.82 Å². The second-order valence-electron chi connectivity index (χ2n) is 3.54. The van der Waals surface area contributed by atoms with Gasteiger partial charge in [0.25, 0.3) is 0 Å². The van der Waals surface area contributed by atoms with Crippen molar-refractivity contribution in [3.63, 3.8) is 0 Å². The molecule has 0 spiro atoms. The smallest absolute Gasteiger partial charge is 0.328 e. The van der Waals surface area contributed by atoms with Crippen molar-refractivity contribution in [1.29, 1.82) is 0 Å². The summed E-state index contributed by atoms with van der Waals surface area (Å²) in [5.41, 5.74) is 0.899. The van der Waals surface area contributed by atoms with Gasteiger partial charge in [-0.2, -0.15) is 0 Å². The standard InChI is InChI=1S/C10H13N3O2/c1-7-5-9(12-6-11-7)13-4-3-8(13)10(14)15-2/h5-6,8H,3-4H2,1-2H3. The van der Waals surface area contributed by atoms with Gasteiger partial charge in [-0.05, 0) is 13.3 Å². The summed E-state index contributed by atoms with van der Waals surface area (Å²) < 4.78 is 4.71. The largest absolute Gasteiger partial charge is 0.467 e. The number of carbonyl (C=O) groups excluding carboxylic acids is 1. The van der Waals surface area contributed by atoms with Crippen molar-refractivity contribution in [3.8, 4) is 0 Å². The second kappa shape index (κ2) is 3.84. The molecule has 0 saturated carbocycles. The highest BCUT2D eigenvalue weighted by atomic mass is 16.5. The lowest BCUT2D eigenvalue weighted by Crippen LogP contribution is -2.53. The van der Waals surface area contributed by atoms with Gasteiger partial charge in [0.05, 0.1) is 7.11 Å². The van der Waals surface area contributed by atoms with Crippen LogP contribution in [0.2, 0.25) is 0 Å². The monoisotopic (exact) mass is 207 g/mol. The number of hydrogen-bond donors (Lipinski definition) is 0. The molecule has 0 aromatic carbocycles. The zero-order chi connectivity index (χ0) is 10.8. The van der Waals surface area contributed by atoms with Crippen LogP contribution >= 0.6 is 0 Å². The predicted octanol–water partition coefficient (Wildman–Crippen LogP) is 0.537. The first kappa shape index (κ1) is 9.89. The molecule has 1 atom stereocenters. The highest BCUT2D eigenvalue weighted by Crippen LogP contribution is 2.25. The first-order valence-corrected chi connectivity index (χ1v) is 4.85. The first-order chi connectivity index (χ1) is 7.22. The summed E-state index contributed by atoms with van der Waals surface area (Å²) >= 11 is 0. The second-order valence-corrected chi connectivity index (χ2v) is 3.54. The first-order valence-electron chi connectivity index (χ1n) is 4.85. The SMILES string of the molecule is COC(=O)C1CCN1c1cc(C)ncn1. The molecule has 1 aliphatic rings. The fourth-order valence-electron chi connectivity index (χ4n) is 1.64. The number of carbonyl (C=O) groups is 1. The summed E-state index contributed by atoms with van der Waals surface area (Å²) in [5.74, 6) is 0.599. The summed E-state index contributed by atoms with van der Waals surface area (Å²) in [6.45, 7) is 2.74. The summed E-state index contributed by atoms with van der Waals surface area (Å²) in [4.78, 5) is 21.4. The molecule has 2 heterocycles. The van der Waals surface area contributed by atoms with E-state index in [0.29, 0.717) is 0 Å². The molecule has 0 radical (unpaired) electrons. The molecule has 1 fully saturated rings. The Bertz CT molecular complexity index is 381. The van der Waals surface area contributed by atoms with Gasteiger partial charge in [0.15, 0.2) is 0 Å². The minimum atomic E-state index is -0.197. The molecule has 0 aliphatic carbocycles. The van der Waals surface area contributed by atoms with Crippen LogP contribution < -0.4 is 4.90 Å². The van der Waals surface area contributed by atoms with Gasteiger partial charge >= 0.3 is 5.97 Å². The van der Waals surface area contributed by atoms with Gasteiger partial charge in [-0.15, -0.1) is 0 Å². The fourth-order valence-corrected chi connectivity index (χ4v) is 1.64. The predicted molar refractivity (Wildman–Crippen MR) is 54.5 cm³/mol. The Balaban J connectivity index is 2.15. The molecule has 1 unspecified atom stereocenters. The molecule has 5 heteroatoms. The summed E-state index contributed by atoms with van der Waals surface area (Å²) in [7, 11) is 1.41. The zero-order valence-corrected chi connectivity index (χ0v) is 8.80. The van der Waals surface area contributed by atoms with E-state index in [-0.39, 0.29) is 12.0 Å². The normalized spacial score (nSPS) is 19.6. The van der Waals surface area contributed by atoms with E-state index in [2.05, 4.69) is 9.97 Å². The number of aromatic nitrogens is 2. The Morgan fingerprint density at radius 1 is 1.60 bits per heavy atom. The molecule has 2 rings (SSSR count). The van der Waals surface area contributed by atoms with E-state index >= 15 is 0 Å². The molecule has 15 heavy (non-hydrogen) atoms. The third kappa shape index (κ3) is 1.77. The van der Waals surface area contributed by atoms with Crippen molar-refractivity contribution in [1.82, 2.24) is 9.97 Å². The summed E-state index contributed by atoms with van der Waals surface area (Å²) in [6, 6.07) is 1.69. The number of anilines is 1. The van der Waals surface area contributed by atoms with Crippen LogP contribution in [0.15, 0.2) is 12.4 Å². The topological polar surface area (TPSA) is 55.3 Å². The fraction of sp³-hybridized carbons (Fsp3) is 0.500. The maximum Gasteiger partial charge on any atom is 0.328 e. The molecule has 0 N–H and O–H groups in total. The van der Waals surface area contributed by atoms with E-state index in [0.717, 1.165) is 24.5 Å². The van der Waals surface area contributed by atoms with Crippen LogP contribution in [0.1, 0.15) is 12.1 Å². The van der Waals surface area contributed by atoms with Gasteiger partial charge in [-0.3, -0.25) is 0 Å². The molecular formula is C10H13N3O2. The third-order valence-electron chi connectivity index (χ3n) is 2.58. The average Bonchev–Trinajstić information content (AvgIpc) is 2.16. The van der Waals surface area contributed by atoms with Crippen molar-refractivity contribution >= 4 is 11.8 Å². The van der Waals surface area contributed by atoms with E-state index in [1.807, 2.05) is 17.9 Å². The minimum absolute atomic E-state index is 0.177.